The van der Waals surface area contributed by atoms with Gasteiger partial charge < -0.3 is 9.88 Å². The summed E-state index contributed by atoms with van der Waals surface area (Å²) in [4.78, 5) is 0. The molecule has 0 fully saturated rings. The Bertz CT molecular complexity index is 614. The first-order valence-corrected chi connectivity index (χ1v) is 9.93. The van der Waals surface area contributed by atoms with Crippen LogP contribution >= 0.6 is 0 Å². The molecule has 130 valence electrons. The van der Waals surface area contributed by atoms with Crippen LogP contribution in [0.3, 0.4) is 0 Å². The first-order valence-electron chi connectivity index (χ1n) is 9.93. The molecule has 3 rings (SSSR count). The Labute approximate surface area is 147 Å². The van der Waals surface area contributed by atoms with Crippen LogP contribution in [0.1, 0.15) is 82.9 Å². The molecule has 1 atom stereocenters. The highest BCUT2D eigenvalue weighted by Crippen LogP contribution is 2.35. The standard InChI is InChI=1S/C22H32N2/c1-2-3-4-5-6-7-8-9-10-14-19-22-17-13-18-24(22)21-16-12-11-15-20(21)23-19/h11-13,15-19,23H,2-10,14H2,1H3. The lowest BCUT2D eigenvalue weighted by Crippen LogP contribution is -2.20. The zero-order chi connectivity index (χ0) is 16.6. The zero-order valence-electron chi connectivity index (χ0n) is 15.1. The van der Waals surface area contributed by atoms with Gasteiger partial charge in [-0.1, -0.05) is 76.8 Å². The fourth-order valence-corrected chi connectivity index (χ4v) is 3.84. The summed E-state index contributed by atoms with van der Waals surface area (Å²) >= 11 is 0. The fourth-order valence-electron chi connectivity index (χ4n) is 3.84. The second kappa shape index (κ2) is 8.96. The molecule has 1 aromatic carbocycles. The van der Waals surface area contributed by atoms with Crippen molar-refractivity contribution in [3.63, 3.8) is 0 Å². The number of aromatic nitrogens is 1. The molecule has 1 aliphatic rings. The molecular formula is C22H32N2. The molecule has 0 aliphatic carbocycles. The molecule has 2 aromatic rings. The minimum absolute atomic E-state index is 0.458. The largest absolute Gasteiger partial charge is 0.375 e. The van der Waals surface area contributed by atoms with Gasteiger partial charge in [-0.2, -0.15) is 0 Å². The Morgan fingerprint density at radius 1 is 0.833 bits per heavy atom. The third kappa shape index (κ3) is 4.23. The van der Waals surface area contributed by atoms with Gasteiger partial charge in [0.05, 0.1) is 17.4 Å². The van der Waals surface area contributed by atoms with E-state index >= 15 is 0 Å². The number of nitrogens with one attached hydrogen (secondary N) is 1. The molecule has 1 unspecified atom stereocenters. The molecule has 1 aliphatic heterocycles. The molecule has 2 nitrogen and oxygen atoms in total. The summed E-state index contributed by atoms with van der Waals surface area (Å²) in [5.41, 5.74) is 3.95. The van der Waals surface area contributed by atoms with E-state index in [9.17, 15) is 0 Å². The third-order valence-electron chi connectivity index (χ3n) is 5.23. The Kier molecular flexibility index (Phi) is 6.40. The lowest BCUT2D eigenvalue weighted by Gasteiger charge is -2.29. The molecule has 0 saturated carbocycles. The summed E-state index contributed by atoms with van der Waals surface area (Å²) < 4.78 is 2.35. The Morgan fingerprint density at radius 2 is 1.54 bits per heavy atom. The van der Waals surface area contributed by atoms with Gasteiger partial charge in [0, 0.05) is 11.9 Å². The van der Waals surface area contributed by atoms with E-state index in [1.165, 1.54) is 81.3 Å². The van der Waals surface area contributed by atoms with Gasteiger partial charge in [0.2, 0.25) is 0 Å². The summed E-state index contributed by atoms with van der Waals surface area (Å²) in [6.07, 6.45) is 16.0. The maximum absolute atomic E-state index is 3.74. The molecule has 2 heterocycles. The average Bonchev–Trinajstić information content (AvgIpc) is 3.10. The van der Waals surface area contributed by atoms with E-state index in [0.717, 1.165) is 0 Å². The minimum atomic E-state index is 0.458. The zero-order valence-corrected chi connectivity index (χ0v) is 15.1. The van der Waals surface area contributed by atoms with Crippen molar-refractivity contribution in [2.45, 2.75) is 77.2 Å². The highest BCUT2D eigenvalue weighted by atomic mass is 15.1. The van der Waals surface area contributed by atoms with E-state index < -0.39 is 0 Å². The molecule has 0 spiro atoms. The maximum Gasteiger partial charge on any atom is 0.0686 e. The molecule has 0 amide bonds. The predicted octanol–water partition coefficient (Wildman–Crippen LogP) is 6.86. The van der Waals surface area contributed by atoms with Gasteiger partial charge in [0.1, 0.15) is 0 Å². The van der Waals surface area contributed by atoms with Crippen molar-refractivity contribution in [1.82, 2.24) is 4.57 Å². The topological polar surface area (TPSA) is 17.0 Å². The first kappa shape index (κ1) is 17.1. The number of rotatable bonds is 10. The van der Waals surface area contributed by atoms with Crippen molar-refractivity contribution in [2.75, 3.05) is 5.32 Å². The number of fused-ring (bicyclic) bond motifs is 3. The quantitative estimate of drug-likeness (QED) is 0.472. The lowest BCUT2D eigenvalue weighted by molar-refractivity contribution is 0.534. The molecule has 24 heavy (non-hydrogen) atoms. The summed E-state index contributed by atoms with van der Waals surface area (Å²) in [6.45, 7) is 2.29. The lowest BCUT2D eigenvalue weighted by atomic mass is 10.0. The van der Waals surface area contributed by atoms with Crippen LogP contribution in [0.2, 0.25) is 0 Å². The predicted molar refractivity (Wildman–Crippen MR) is 104 cm³/mol. The van der Waals surface area contributed by atoms with E-state index in [1.807, 2.05) is 0 Å². The summed E-state index contributed by atoms with van der Waals surface area (Å²) in [5.74, 6) is 0. The van der Waals surface area contributed by atoms with Crippen LogP contribution in [-0.2, 0) is 0 Å². The maximum atomic E-state index is 3.74. The van der Waals surface area contributed by atoms with E-state index in [1.54, 1.807) is 0 Å². The normalized spacial score (nSPS) is 15.6. The van der Waals surface area contributed by atoms with Gasteiger partial charge in [-0.05, 0) is 30.7 Å². The van der Waals surface area contributed by atoms with Crippen molar-refractivity contribution < 1.29 is 0 Å². The Hall–Kier alpha value is -1.70. The van der Waals surface area contributed by atoms with Gasteiger partial charge in [-0.25, -0.2) is 0 Å². The summed E-state index contributed by atoms with van der Waals surface area (Å²) in [7, 11) is 0. The van der Waals surface area contributed by atoms with Gasteiger partial charge in [0.25, 0.3) is 0 Å². The molecular weight excluding hydrogens is 292 g/mol. The second-order valence-electron chi connectivity index (χ2n) is 7.13. The van der Waals surface area contributed by atoms with Gasteiger partial charge in [0.15, 0.2) is 0 Å². The second-order valence-corrected chi connectivity index (χ2v) is 7.13. The molecule has 0 bridgehead atoms. The van der Waals surface area contributed by atoms with Crippen molar-refractivity contribution in [3.05, 3.63) is 48.3 Å². The fraction of sp³-hybridized carbons (Fsp3) is 0.545. The number of para-hydroxylation sites is 2. The van der Waals surface area contributed by atoms with E-state index in [2.05, 4.69) is 59.4 Å². The van der Waals surface area contributed by atoms with Crippen LogP contribution in [0.15, 0.2) is 42.6 Å². The van der Waals surface area contributed by atoms with Crippen LogP contribution in [-0.4, -0.2) is 4.57 Å². The van der Waals surface area contributed by atoms with E-state index in [0.29, 0.717) is 6.04 Å². The number of benzene rings is 1. The van der Waals surface area contributed by atoms with Crippen molar-refractivity contribution in [3.8, 4) is 5.69 Å². The van der Waals surface area contributed by atoms with Crippen LogP contribution in [0.25, 0.3) is 5.69 Å². The summed E-state index contributed by atoms with van der Waals surface area (Å²) in [6, 6.07) is 13.5. The number of unbranched alkanes of at least 4 members (excludes halogenated alkanes) is 8. The molecule has 0 saturated heterocycles. The van der Waals surface area contributed by atoms with Crippen molar-refractivity contribution in [2.24, 2.45) is 0 Å². The van der Waals surface area contributed by atoms with E-state index in [4.69, 9.17) is 0 Å². The number of hydrogen-bond acceptors (Lipinski definition) is 1. The minimum Gasteiger partial charge on any atom is -0.375 e. The molecule has 1 N–H and O–H groups in total. The third-order valence-corrected chi connectivity index (χ3v) is 5.23. The Balaban J connectivity index is 1.41. The van der Waals surface area contributed by atoms with E-state index in [-0.39, 0.29) is 0 Å². The highest BCUT2D eigenvalue weighted by Gasteiger charge is 2.22. The van der Waals surface area contributed by atoms with Gasteiger partial charge in [-0.3, -0.25) is 0 Å². The monoisotopic (exact) mass is 324 g/mol. The first-order chi connectivity index (χ1) is 11.9. The molecule has 2 heteroatoms. The Morgan fingerprint density at radius 3 is 2.33 bits per heavy atom. The van der Waals surface area contributed by atoms with Gasteiger partial charge >= 0.3 is 0 Å². The number of hydrogen-bond donors (Lipinski definition) is 1. The van der Waals surface area contributed by atoms with Crippen LogP contribution in [0.4, 0.5) is 5.69 Å². The molecule has 1 aromatic heterocycles. The van der Waals surface area contributed by atoms with Crippen molar-refractivity contribution in [1.29, 1.82) is 0 Å². The SMILES string of the molecule is CCCCCCCCCCCC1Nc2ccccc2-n2cccc21. The van der Waals surface area contributed by atoms with Crippen LogP contribution in [0, 0.1) is 0 Å². The van der Waals surface area contributed by atoms with Crippen LogP contribution in [0.5, 0.6) is 0 Å². The van der Waals surface area contributed by atoms with Crippen LogP contribution < -0.4 is 5.32 Å². The summed E-state index contributed by atoms with van der Waals surface area (Å²) in [5, 5.41) is 3.74. The smallest absolute Gasteiger partial charge is 0.0686 e. The average molecular weight is 325 g/mol. The van der Waals surface area contributed by atoms with Crippen molar-refractivity contribution >= 4 is 5.69 Å². The number of anilines is 1. The van der Waals surface area contributed by atoms with Gasteiger partial charge in [-0.15, -0.1) is 0 Å². The molecule has 0 radical (unpaired) electrons. The number of nitrogens with zero attached hydrogens (tertiary/aromatic N) is 1. The highest BCUT2D eigenvalue weighted by molar-refractivity contribution is 5.65.